The summed E-state index contributed by atoms with van der Waals surface area (Å²) in [5.74, 6) is 0.412. The van der Waals surface area contributed by atoms with Crippen LogP contribution in [0.2, 0.25) is 0 Å². The molecule has 3 aromatic rings. The molecule has 0 aliphatic heterocycles. The van der Waals surface area contributed by atoms with Crippen molar-refractivity contribution in [3.8, 4) is 17.2 Å². The smallest absolute Gasteiger partial charge is 0.308 e. The Bertz CT molecular complexity index is 1020. The molecule has 0 aliphatic carbocycles. The molecule has 0 radical (unpaired) electrons. The first-order valence-electron chi connectivity index (χ1n) is 9.55. The summed E-state index contributed by atoms with van der Waals surface area (Å²) in [6, 6.07) is 18.3. The third-order valence-corrected chi connectivity index (χ3v) is 4.26. The first-order valence-corrected chi connectivity index (χ1v) is 9.55. The minimum atomic E-state index is -0.814. The number of carbonyl (C=O) groups excluding carboxylic acids is 2. The van der Waals surface area contributed by atoms with Crippen molar-refractivity contribution in [2.24, 2.45) is 0 Å². The Morgan fingerprint density at radius 2 is 1.77 bits per heavy atom. The Balaban J connectivity index is 1.64. The van der Waals surface area contributed by atoms with Gasteiger partial charge in [0.1, 0.15) is 18.1 Å². The number of nitrogens with zero attached hydrogens (tertiary/aromatic N) is 1. The van der Waals surface area contributed by atoms with Crippen molar-refractivity contribution in [2.45, 2.75) is 33.5 Å². The molecule has 1 atom stereocenters. The number of hydrogen-bond donors (Lipinski definition) is 0. The Kier molecular flexibility index (Phi) is 6.80. The van der Waals surface area contributed by atoms with Crippen LogP contribution in [0.5, 0.6) is 17.2 Å². The summed E-state index contributed by atoms with van der Waals surface area (Å²) in [6.45, 7) is 5.23. The van der Waals surface area contributed by atoms with E-state index in [2.05, 4.69) is 4.98 Å². The van der Waals surface area contributed by atoms with Gasteiger partial charge in [-0.3, -0.25) is 9.59 Å². The molecule has 6 nitrogen and oxygen atoms in total. The molecule has 0 saturated heterocycles. The summed E-state index contributed by atoms with van der Waals surface area (Å²) in [7, 11) is 0. The lowest BCUT2D eigenvalue weighted by Gasteiger charge is -2.16. The normalized spacial score (nSPS) is 11.4. The van der Waals surface area contributed by atoms with Crippen molar-refractivity contribution in [1.82, 2.24) is 4.98 Å². The van der Waals surface area contributed by atoms with E-state index in [1.165, 1.54) is 13.1 Å². The van der Waals surface area contributed by atoms with E-state index in [0.717, 1.165) is 11.1 Å². The van der Waals surface area contributed by atoms with E-state index in [9.17, 15) is 9.59 Å². The van der Waals surface area contributed by atoms with Gasteiger partial charge in [-0.2, -0.15) is 0 Å². The molecule has 1 aromatic heterocycles. The van der Waals surface area contributed by atoms with Crippen molar-refractivity contribution in [1.29, 1.82) is 0 Å². The van der Waals surface area contributed by atoms with E-state index in [1.807, 2.05) is 43.3 Å². The molecule has 0 aliphatic rings. The molecule has 1 unspecified atom stereocenters. The molecule has 0 saturated carbocycles. The van der Waals surface area contributed by atoms with Gasteiger partial charge >= 0.3 is 5.97 Å². The topological polar surface area (TPSA) is 74.7 Å². The van der Waals surface area contributed by atoms with Gasteiger partial charge in [-0.15, -0.1) is 0 Å². The van der Waals surface area contributed by atoms with Crippen LogP contribution in [-0.4, -0.2) is 22.8 Å². The van der Waals surface area contributed by atoms with E-state index >= 15 is 0 Å². The molecular weight excluding hydrogens is 382 g/mol. The number of carbonyl (C=O) groups is 2. The summed E-state index contributed by atoms with van der Waals surface area (Å²) in [5, 5.41) is 0. The van der Waals surface area contributed by atoms with Crippen molar-refractivity contribution < 1.29 is 23.8 Å². The summed E-state index contributed by atoms with van der Waals surface area (Å²) in [5.41, 5.74) is 2.21. The number of ketones is 1. The molecule has 3 rings (SSSR count). The lowest BCUT2D eigenvalue weighted by molar-refractivity contribution is -0.132. The second-order valence-electron chi connectivity index (χ2n) is 6.82. The Morgan fingerprint density at radius 3 is 2.43 bits per heavy atom. The molecule has 154 valence electrons. The van der Waals surface area contributed by atoms with Gasteiger partial charge in [-0.1, -0.05) is 36.4 Å². The second-order valence-corrected chi connectivity index (χ2v) is 6.82. The number of Topliss-reactive ketones (excluding diaryl/α,β-unsaturated/α-hetero) is 1. The maximum atomic E-state index is 12.7. The number of aryl methyl sites for hydroxylation is 1. The standard InChI is InChI=1S/C24H23NO5/c1-16-9-12-22(23(13-16)30-18(3)26)29-17(2)24(27)21-11-10-20(14-25-21)28-15-19-7-5-4-6-8-19/h4-14,17H,15H2,1-3H3. The van der Waals surface area contributed by atoms with Gasteiger partial charge in [0, 0.05) is 6.92 Å². The summed E-state index contributed by atoms with van der Waals surface area (Å²) in [4.78, 5) is 28.2. The second kappa shape index (κ2) is 9.69. The third-order valence-electron chi connectivity index (χ3n) is 4.26. The van der Waals surface area contributed by atoms with Crippen molar-refractivity contribution >= 4 is 11.8 Å². The zero-order valence-corrected chi connectivity index (χ0v) is 17.1. The predicted molar refractivity (Wildman–Crippen MR) is 112 cm³/mol. The van der Waals surface area contributed by atoms with Crippen molar-refractivity contribution in [3.63, 3.8) is 0 Å². The lowest BCUT2D eigenvalue weighted by atomic mass is 10.1. The SMILES string of the molecule is CC(=O)Oc1cc(C)ccc1OC(C)C(=O)c1ccc(OCc2ccccc2)cn1. The molecule has 30 heavy (non-hydrogen) atoms. The van der Waals surface area contributed by atoms with Crippen LogP contribution in [0.25, 0.3) is 0 Å². The van der Waals surface area contributed by atoms with Crippen LogP contribution in [0.3, 0.4) is 0 Å². The van der Waals surface area contributed by atoms with E-state index in [4.69, 9.17) is 14.2 Å². The number of rotatable bonds is 8. The molecule has 0 amide bonds. The minimum Gasteiger partial charge on any atom is -0.487 e. The predicted octanol–water partition coefficient (Wildman–Crippen LogP) is 4.54. The molecule has 0 N–H and O–H groups in total. The van der Waals surface area contributed by atoms with Crippen LogP contribution in [0, 0.1) is 6.92 Å². The maximum Gasteiger partial charge on any atom is 0.308 e. The van der Waals surface area contributed by atoms with Crippen LogP contribution >= 0.6 is 0 Å². The summed E-state index contributed by atoms with van der Waals surface area (Å²) < 4.78 is 16.6. The average molecular weight is 405 g/mol. The number of aromatic nitrogens is 1. The van der Waals surface area contributed by atoms with E-state index < -0.39 is 12.1 Å². The van der Waals surface area contributed by atoms with Gasteiger partial charge < -0.3 is 14.2 Å². The minimum absolute atomic E-state index is 0.260. The first-order chi connectivity index (χ1) is 14.4. The van der Waals surface area contributed by atoms with E-state index in [0.29, 0.717) is 18.1 Å². The molecule has 6 heteroatoms. The fraction of sp³-hybridized carbons (Fsp3) is 0.208. The van der Waals surface area contributed by atoms with Crippen molar-refractivity contribution in [3.05, 3.63) is 83.7 Å². The molecule has 2 aromatic carbocycles. The molecule has 0 fully saturated rings. The van der Waals surface area contributed by atoms with E-state index in [-0.39, 0.29) is 17.2 Å². The third kappa shape index (κ3) is 5.67. The number of ether oxygens (including phenoxy) is 3. The van der Waals surface area contributed by atoms with Crippen LogP contribution < -0.4 is 14.2 Å². The van der Waals surface area contributed by atoms with Gasteiger partial charge in [0.15, 0.2) is 17.6 Å². The highest BCUT2D eigenvalue weighted by molar-refractivity contribution is 5.97. The van der Waals surface area contributed by atoms with Crippen LogP contribution in [-0.2, 0) is 11.4 Å². The van der Waals surface area contributed by atoms with E-state index in [1.54, 1.807) is 31.2 Å². The number of benzene rings is 2. The fourth-order valence-electron chi connectivity index (χ4n) is 2.75. The highest BCUT2D eigenvalue weighted by Gasteiger charge is 2.20. The fourth-order valence-corrected chi connectivity index (χ4v) is 2.75. The maximum absolute atomic E-state index is 12.7. The number of pyridine rings is 1. The Labute approximate surface area is 175 Å². The van der Waals surface area contributed by atoms with Crippen molar-refractivity contribution in [2.75, 3.05) is 0 Å². The average Bonchev–Trinajstić information content (AvgIpc) is 2.74. The summed E-state index contributed by atoms with van der Waals surface area (Å²) in [6.07, 6.45) is 0.699. The summed E-state index contributed by atoms with van der Waals surface area (Å²) >= 11 is 0. The van der Waals surface area contributed by atoms with Gasteiger partial charge in [0.25, 0.3) is 0 Å². The number of esters is 1. The monoisotopic (exact) mass is 405 g/mol. The number of hydrogen-bond acceptors (Lipinski definition) is 6. The molecule has 0 spiro atoms. The van der Waals surface area contributed by atoms with Crippen LogP contribution in [0.4, 0.5) is 0 Å². The van der Waals surface area contributed by atoms with Crippen LogP contribution in [0.15, 0.2) is 66.9 Å². The molecular formula is C24H23NO5. The first kappa shape index (κ1) is 21.0. The van der Waals surface area contributed by atoms with Gasteiger partial charge in [0.05, 0.1) is 6.20 Å². The zero-order chi connectivity index (χ0) is 21.5. The largest absolute Gasteiger partial charge is 0.487 e. The van der Waals surface area contributed by atoms with Crippen LogP contribution in [0.1, 0.15) is 35.5 Å². The van der Waals surface area contributed by atoms with Gasteiger partial charge in [-0.05, 0) is 49.2 Å². The molecule has 0 bridgehead atoms. The Morgan fingerprint density at radius 1 is 1.00 bits per heavy atom. The quantitative estimate of drug-likeness (QED) is 0.311. The lowest BCUT2D eigenvalue weighted by Crippen LogP contribution is -2.25. The molecule has 1 heterocycles. The Hall–Kier alpha value is -3.67. The zero-order valence-electron chi connectivity index (χ0n) is 17.1. The highest BCUT2D eigenvalue weighted by Crippen LogP contribution is 2.29. The highest BCUT2D eigenvalue weighted by atomic mass is 16.6. The van der Waals surface area contributed by atoms with Gasteiger partial charge in [-0.25, -0.2) is 4.98 Å². The van der Waals surface area contributed by atoms with Gasteiger partial charge in [0.2, 0.25) is 5.78 Å².